The Bertz CT molecular complexity index is 516. The fraction of sp³-hybridized carbons (Fsp3) is 0.533. The van der Waals surface area contributed by atoms with Gasteiger partial charge in [-0.1, -0.05) is 18.9 Å². The van der Waals surface area contributed by atoms with Crippen molar-refractivity contribution in [3.05, 3.63) is 35.4 Å². The van der Waals surface area contributed by atoms with Crippen LogP contribution in [0.25, 0.3) is 0 Å². The SMILES string of the molecule is CC(NC(=O)NC1(CO)CCCC1)c1ccc(F)cc1F. The summed E-state index contributed by atoms with van der Waals surface area (Å²) in [6, 6.07) is 2.20. The quantitative estimate of drug-likeness (QED) is 0.800. The molecule has 3 N–H and O–H groups in total. The molecule has 1 aliphatic carbocycles. The van der Waals surface area contributed by atoms with E-state index in [1.165, 1.54) is 6.07 Å². The van der Waals surface area contributed by atoms with Crippen LogP contribution in [-0.4, -0.2) is 23.3 Å². The second kappa shape index (κ2) is 6.39. The number of rotatable bonds is 4. The molecular formula is C15H20F2N2O2. The molecule has 0 aromatic heterocycles. The molecule has 0 radical (unpaired) electrons. The highest BCUT2D eigenvalue weighted by Gasteiger charge is 2.34. The molecule has 0 bridgehead atoms. The van der Waals surface area contributed by atoms with E-state index < -0.39 is 29.2 Å². The van der Waals surface area contributed by atoms with Gasteiger partial charge in [-0.2, -0.15) is 0 Å². The molecule has 1 aromatic rings. The van der Waals surface area contributed by atoms with Gasteiger partial charge in [0, 0.05) is 11.6 Å². The summed E-state index contributed by atoms with van der Waals surface area (Å²) < 4.78 is 26.5. The Morgan fingerprint density at radius 3 is 2.62 bits per heavy atom. The Hall–Kier alpha value is -1.69. The molecule has 1 aliphatic rings. The van der Waals surface area contributed by atoms with Gasteiger partial charge in [0.2, 0.25) is 0 Å². The van der Waals surface area contributed by atoms with E-state index in [1.54, 1.807) is 6.92 Å². The standard InChI is InChI=1S/C15H20F2N2O2/c1-10(12-5-4-11(16)8-13(12)17)18-14(21)19-15(9-20)6-2-3-7-15/h4-5,8,10,20H,2-3,6-7,9H2,1H3,(H2,18,19,21). The highest BCUT2D eigenvalue weighted by Crippen LogP contribution is 2.29. The number of carbonyl (C=O) groups excluding carboxylic acids is 1. The Kier molecular flexibility index (Phi) is 4.77. The Balaban J connectivity index is 1.98. The summed E-state index contributed by atoms with van der Waals surface area (Å²) in [6.45, 7) is 1.51. The number of urea groups is 1. The monoisotopic (exact) mass is 298 g/mol. The number of aliphatic hydroxyl groups excluding tert-OH is 1. The first kappa shape index (κ1) is 15.7. The lowest BCUT2D eigenvalue weighted by Crippen LogP contribution is -2.53. The second-order valence-electron chi connectivity index (χ2n) is 5.63. The van der Waals surface area contributed by atoms with Crippen molar-refractivity contribution >= 4 is 6.03 Å². The molecule has 0 saturated heterocycles. The van der Waals surface area contributed by atoms with Gasteiger partial charge in [-0.25, -0.2) is 13.6 Å². The molecule has 1 atom stereocenters. The van der Waals surface area contributed by atoms with E-state index in [4.69, 9.17) is 0 Å². The molecule has 0 spiro atoms. The molecule has 0 heterocycles. The normalized spacial score (nSPS) is 18.3. The van der Waals surface area contributed by atoms with Crippen LogP contribution in [0.2, 0.25) is 0 Å². The summed E-state index contributed by atoms with van der Waals surface area (Å²) >= 11 is 0. The molecule has 116 valence electrons. The Labute approximate surface area is 122 Å². The molecule has 4 nitrogen and oxygen atoms in total. The van der Waals surface area contributed by atoms with Gasteiger partial charge in [-0.15, -0.1) is 0 Å². The van der Waals surface area contributed by atoms with Gasteiger partial charge in [0.1, 0.15) is 11.6 Å². The van der Waals surface area contributed by atoms with Crippen LogP contribution in [0.15, 0.2) is 18.2 Å². The third-order valence-electron chi connectivity index (χ3n) is 4.02. The summed E-state index contributed by atoms with van der Waals surface area (Å²) in [5.41, 5.74) is -0.360. The number of aliphatic hydroxyl groups is 1. The summed E-state index contributed by atoms with van der Waals surface area (Å²) in [5.74, 6) is -1.35. The van der Waals surface area contributed by atoms with Crippen molar-refractivity contribution in [1.29, 1.82) is 0 Å². The van der Waals surface area contributed by atoms with Crippen molar-refractivity contribution < 1.29 is 18.7 Å². The highest BCUT2D eigenvalue weighted by atomic mass is 19.1. The number of amides is 2. The van der Waals surface area contributed by atoms with Gasteiger partial charge < -0.3 is 15.7 Å². The molecule has 2 rings (SSSR count). The average Bonchev–Trinajstić information content (AvgIpc) is 2.87. The van der Waals surface area contributed by atoms with Crippen LogP contribution in [0.4, 0.5) is 13.6 Å². The molecule has 1 aromatic carbocycles. The Morgan fingerprint density at radius 2 is 2.05 bits per heavy atom. The van der Waals surface area contributed by atoms with Gasteiger partial charge >= 0.3 is 6.03 Å². The molecule has 6 heteroatoms. The zero-order valence-corrected chi connectivity index (χ0v) is 12.0. The van der Waals surface area contributed by atoms with Gasteiger partial charge in [-0.05, 0) is 25.8 Å². The molecule has 1 fully saturated rings. The fourth-order valence-electron chi connectivity index (χ4n) is 2.78. The molecule has 2 amide bonds. The Morgan fingerprint density at radius 1 is 1.38 bits per heavy atom. The summed E-state index contributed by atoms with van der Waals surface area (Å²) in [5, 5.41) is 14.8. The largest absolute Gasteiger partial charge is 0.394 e. The average molecular weight is 298 g/mol. The zero-order valence-electron chi connectivity index (χ0n) is 12.0. The second-order valence-corrected chi connectivity index (χ2v) is 5.63. The smallest absolute Gasteiger partial charge is 0.315 e. The van der Waals surface area contributed by atoms with Crippen molar-refractivity contribution in [2.75, 3.05) is 6.61 Å². The van der Waals surface area contributed by atoms with Crippen LogP contribution in [0, 0.1) is 11.6 Å². The number of hydrogen-bond acceptors (Lipinski definition) is 2. The minimum Gasteiger partial charge on any atom is -0.394 e. The lowest BCUT2D eigenvalue weighted by atomic mass is 9.99. The van der Waals surface area contributed by atoms with Crippen LogP contribution in [0.5, 0.6) is 0 Å². The fourth-order valence-corrected chi connectivity index (χ4v) is 2.78. The van der Waals surface area contributed by atoms with Gasteiger partial charge in [0.15, 0.2) is 0 Å². The summed E-state index contributed by atoms with van der Waals surface area (Å²) in [4.78, 5) is 12.0. The summed E-state index contributed by atoms with van der Waals surface area (Å²) in [7, 11) is 0. The number of benzene rings is 1. The highest BCUT2D eigenvalue weighted by molar-refractivity contribution is 5.75. The topological polar surface area (TPSA) is 61.4 Å². The van der Waals surface area contributed by atoms with Crippen molar-refractivity contribution in [2.24, 2.45) is 0 Å². The molecule has 21 heavy (non-hydrogen) atoms. The number of nitrogens with one attached hydrogen (secondary N) is 2. The van der Waals surface area contributed by atoms with Gasteiger partial charge in [-0.3, -0.25) is 0 Å². The predicted molar refractivity (Wildman–Crippen MR) is 74.7 cm³/mol. The number of carbonyl (C=O) groups is 1. The minimum absolute atomic E-state index is 0.111. The van der Waals surface area contributed by atoms with Crippen LogP contribution in [-0.2, 0) is 0 Å². The maximum absolute atomic E-state index is 13.6. The van der Waals surface area contributed by atoms with E-state index >= 15 is 0 Å². The van der Waals surface area contributed by atoms with E-state index in [0.717, 1.165) is 37.8 Å². The van der Waals surface area contributed by atoms with Gasteiger partial charge in [0.05, 0.1) is 18.2 Å². The summed E-state index contributed by atoms with van der Waals surface area (Å²) in [6.07, 6.45) is 3.39. The van der Waals surface area contributed by atoms with Gasteiger partial charge in [0.25, 0.3) is 0 Å². The van der Waals surface area contributed by atoms with Crippen LogP contribution >= 0.6 is 0 Å². The van der Waals surface area contributed by atoms with Crippen molar-refractivity contribution in [1.82, 2.24) is 10.6 Å². The van der Waals surface area contributed by atoms with E-state index in [9.17, 15) is 18.7 Å². The molecule has 1 unspecified atom stereocenters. The molecular weight excluding hydrogens is 278 g/mol. The minimum atomic E-state index is -0.694. The maximum atomic E-state index is 13.6. The van der Waals surface area contributed by atoms with Crippen molar-refractivity contribution in [3.63, 3.8) is 0 Å². The van der Waals surface area contributed by atoms with E-state index in [2.05, 4.69) is 10.6 Å². The first-order chi connectivity index (χ1) is 9.96. The number of halogens is 2. The van der Waals surface area contributed by atoms with E-state index in [1.807, 2.05) is 0 Å². The van der Waals surface area contributed by atoms with E-state index in [-0.39, 0.29) is 12.2 Å². The lowest BCUT2D eigenvalue weighted by molar-refractivity contribution is 0.162. The molecule has 1 saturated carbocycles. The zero-order chi connectivity index (χ0) is 15.5. The van der Waals surface area contributed by atoms with E-state index in [0.29, 0.717) is 0 Å². The number of hydrogen-bond donors (Lipinski definition) is 3. The van der Waals surface area contributed by atoms with Crippen LogP contribution in [0.1, 0.15) is 44.2 Å². The van der Waals surface area contributed by atoms with Crippen LogP contribution in [0.3, 0.4) is 0 Å². The third kappa shape index (κ3) is 3.69. The van der Waals surface area contributed by atoms with Crippen LogP contribution < -0.4 is 10.6 Å². The first-order valence-corrected chi connectivity index (χ1v) is 7.10. The maximum Gasteiger partial charge on any atom is 0.315 e. The molecule has 0 aliphatic heterocycles. The van der Waals surface area contributed by atoms with Crippen molar-refractivity contribution in [2.45, 2.75) is 44.2 Å². The third-order valence-corrected chi connectivity index (χ3v) is 4.02. The predicted octanol–water partition coefficient (Wildman–Crippen LogP) is 2.63. The lowest BCUT2D eigenvalue weighted by Gasteiger charge is -2.29. The van der Waals surface area contributed by atoms with Crippen molar-refractivity contribution in [3.8, 4) is 0 Å². The first-order valence-electron chi connectivity index (χ1n) is 7.10.